The van der Waals surface area contributed by atoms with Gasteiger partial charge in [0.1, 0.15) is 5.58 Å². The predicted molar refractivity (Wildman–Crippen MR) is 65.6 cm³/mol. The standard InChI is InChI=1S/C14H14O4/c15-14(16)13-7-10-6-9(4-5-12(10)18-13)8-17-11-2-1-3-11/h4-7,11H,1-3,8H2,(H,15,16). The van der Waals surface area contributed by atoms with E-state index in [0.29, 0.717) is 18.3 Å². The number of hydrogen-bond donors (Lipinski definition) is 1. The molecule has 4 heteroatoms. The Labute approximate surface area is 104 Å². The fourth-order valence-corrected chi connectivity index (χ4v) is 2.04. The molecule has 3 rings (SSSR count). The average Bonchev–Trinajstić information content (AvgIpc) is 2.70. The molecular formula is C14H14O4. The van der Waals surface area contributed by atoms with Gasteiger partial charge in [-0.3, -0.25) is 0 Å². The number of carbonyl (C=O) groups is 1. The molecule has 18 heavy (non-hydrogen) atoms. The predicted octanol–water partition coefficient (Wildman–Crippen LogP) is 3.20. The maximum atomic E-state index is 10.8. The minimum atomic E-state index is -1.04. The quantitative estimate of drug-likeness (QED) is 0.899. The second-order valence-corrected chi connectivity index (χ2v) is 4.65. The van der Waals surface area contributed by atoms with Crippen molar-refractivity contribution in [1.29, 1.82) is 0 Å². The van der Waals surface area contributed by atoms with Crippen LogP contribution in [-0.4, -0.2) is 17.2 Å². The summed E-state index contributed by atoms with van der Waals surface area (Å²) in [4.78, 5) is 10.8. The summed E-state index contributed by atoms with van der Waals surface area (Å²) in [5.74, 6) is -1.07. The largest absolute Gasteiger partial charge is 0.475 e. The lowest BCUT2D eigenvalue weighted by molar-refractivity contribution is -0.00862. The van der Waals surface area contributed by atoms with E-state index in [1.807, 2.05) is 12.1 Å². The summed E-state index contributed by atoms with van der Waals surface area (Å²) in [5.41, 5.74) is 1.65. The van der Waals surface area contributed by atoms with Crippen LogP contribution in [0.4, 0.5) is 0 Å². The van der Waals surface area contributed by atoms with Gasteiger partial charge in [-0.25, -0.2) is 4.79 Å². The summed E-state index contributed by atoms with van der Waals surface area (Å²) in [6, 6.07) is 7.17. The van der Waals surface area contributed by atoms with E-state index in [4.69, 9.17) is 14.3 Å². The molecule has 1 aromatic carbocycles. The topological polar surface area (TPSA) is 59.7 Å². The first-order chi connectivity index (χ1) is 8.72. The van der Waals surface area contributed by atoms with E-state index in [-0.39, 0.29) is 5.76 Å². The molecule has 1 N–H and O–H groups in total. The molecule has 4 nitrogen and oxygen atoms in total. The van der Waals surface area contributed by atoms with Crippen LogP contribution in [0.25, 0.3) is 11.0 Å². The number of hydrogen-bond acceptors (Lipinski definition) is 3. The third-order valence-corrected chi connectivity index (χ3v) is 3.33. The molecule has 1 fully saturated rings. The Morgan fingerprint density at radius 2 is 2.22 bits per heavy atom. The number of fused-ring (bicyclic) bond motifs is 1. The minimum absolute atomic E-state index is 0.0259. The summed E-state index contributed by atoms with van der Waals surface area (Å²) < 4.78 is 10.9. The van der Waals surface area contributed by atoms with Crippen molar-refractivity contribution in [3.05, 3.63) is 35.6 Å². The van der Waals surface area contributed by atoms with Crippen molar-refractivity contribution in [2.75, 3.05) is 0 Å². The molecule has 1 aromatic heterocycles. The van der Waals surface area contributed by atoms with Gasteiger partial charge in [0.05, 0.1) is 12.7 Å². The second kappa shape index (κ2) is 4.46. The van der Waals surface area contributed by atoms with Crippen LogP contribution in [0.15, 0.2) is 28.7 Å². The summed E-state index contributed by atoms with van der Waals surface area (Å²) in [5, 5.41) is 9.66. The van der Waals surface area contributed by atoms with Gasteiger partial charge in [-0.1, -0.05) is 6.07 Å². The zero-order chi connectivity index (χ0) is 12.5. The first-order valence-electron chi connectivity index (χ1n) is 6.10. The number of ether oxygens (including phenoxy) is 1. The lowest BCUT2D eigenvalue weighted by atomic mass is 9.96. The van der Waals surface area contributed by atoms with Crippen LogP contribution < -0.4 is 0 Å². The first kappa shape index (κ1) is 11.3. The van der Waals surface area contributed by atoms with E-state index in [1.165, 1.54) is 6.42 Å². The lowest BCUT2D eigenvalue weighted by Gasteiger charge is -2.25. The van der Waals surface area contributed by atoms with Crippen LogP contribution in [0, 0.1) is 0 Å². The van der Waals surface area contributed by atoms with Crippen molar-refractivity contribution < 1.29 is 19.1 Å². The summed E-state index contributed by atoms with van der Waals surface area (Å²) in [6.45, 7) is 0.578. The maximum absolute atomic E-state index is 10.8. The fraction of sp³-hybridized carbons (Fsp3) is 0.357. The fourth-order valence-electron chi connectivity index (χ4n) is 2.04. The molecule has 2 aromatic rings. The third kappa shape index (κ3) is 2.11. The monoisotopic (exact) mass is 246 g/mol. The molecule has 1 saturated carbocycles. The molecule has 0 atom stereocenters. The lowest BCUT2D eigenvalue weighted by Crippen LogP contribution is -2.21. The number of benzene rings is 1. The third-order valence-electron chi connectivity index (χ3n) is 3.33. The summed E-state index contributed by atoms with van der Waals surface area (Å²) in [7, 11) is 0. The van der Waals surface area contributed by atoms with Crippen LogP contribution in [0.2, 0.25) is 0 Å². The zero-order valence-corrected chi connectivity index (χ0v) is 9.89. The number of carboxylic acids is 1. The molecule has 0 radical (unpaired) electrons. The highest BCUT2D eigenvalue weighted by atomic mass is 16.5. The molecule has 94 valence electrons. The van der Waals surface area contributed by atoms with E-state index in [0.717, 1.165) is 23.8 Å². The summed E-state index contributed by atoms with van der Waals surface area (Å²) in [6.07, 6.45) is 3.96. The van der Waals surface area contributed by atoms with Crippen molar-refractivity contribution in [1.82, 2.24) is 0 Å². The Bertz CT molecular complexity index is 580. The van der Waals surface area contributed by atoms with E-state index in [1.54, 1.807) is 12.1 Å². The number of carboxylic acid groups (broad SMARTS) is 1. The number of furan rings is 1. The van der Waals surface area contributed by atoms with Crippen molar-refractivity contribution in [2.24, 2.45) is 0 Å². The van der Waals surface area contributed by atoms with Gasteiger partial charge in [0, 0.05) is 5.39 Å². The molecule has 0 aliphatic heterocycles. The molecule has 0 saturated heterocycles. The van der Waals surface area contributed by atoms with Crippen LogP contribution in [-0.2, 0) is 11.3 Å². The van der Waals surface area contributed by atoms with Gasteiger partial charge in [0.25, 0.3) is 0 Å². The highest BCUT2D eigenvalue weighted by molar-refractivity contribution is 5.91. The SMILES string of the molecule is O=C(O)c1cc2cc(COC3CCC3)ccc2o1. The molecular weight excluding hydrogens is 232 g/mol. The Morgan fingerprint density at radius 3 is 2.89 bits per heavy atom. The minimum Gasteiger partial charge on any atom is -0.475 e. The van der Waals surface area contributed by atoms with Gasteiger partial charge in [-0.05, 0) is 43.0 Å². The van der Waals surface area contributed by atoms with E-state index >= 15 is 0 Å². The first-order valence-corrected chi connectivity index (χ1v) is 6.10. The number of aromatic carboxylic acids is 1. The normalized spacial score (nSPS) is 15.8. The van der Waals surface area contributed by atoms with Crippen molar-refractivity contribution in [2.45, 2.75) is 32.0 Å². The Hall–Kier alpha value is -1.81. The Balaban J connectivity index is 1.78. The van der Waals surface area contributed by atoms with Crippen molar-refractivity contribution >= 4 is 16.9 Å². The van der Waals surface area contributed by atoms with Crippen LogP contribution in [0.1, 0.15) is 35.4 Å². The van der Waals surface area contributed by atoms with Gasteiger partial charge < -0.3 is 14.3 Å². The van der Waals surface area contributed by atoms with Gasteiger partial charge >= 0.3 is 5.97 Å². The van der Waals surface area contributed by atoms with Crippen molar-refractivity contribution in [3.8, 4) is 0 Å². The van der Waals surface area contributed by atoms with E-state index in [2.05, 4.69) is 0 Å². The zero-order valence-electron chi connectivity index (χ0n) is 9.89. The smallest absolute Gasteiger partial charge is 0.371 e. The Kier molecular flexibility index (Phi) is 2.80. The molecule has 0 unspecified atom stereocenters. The highest BCUT2D eigenvalue weighted by Crippen LogP contribution is 2.25. The number of rotatable bonds is 4. The molecule has 0 amide bonds. The van der Waals surface area contributed by atoms with E-state index < -0.39 is 5.97 Å². The van der Waals surface area contributed by atoms with Crippen molar-refractivity contribution in [3.63, 3.8) is 0 Å². The molecule has 1 aliphatic carbocycles. The molecule has 1 heterocycles. The average molecular weight is 246 g/mol. The molecule has 0 spiro atoms. The maximum Gasteiger partial charge on any atom is 0.371 e. The Morgan fingerprint density at radius 1 is 1.39 bits per heavy atom. The second-order valence-electron chi connectivity index (χ2n) is 4.65. The highest BCUT2D eigenvalue weighted by Gasteiger charge is 2.18. The van der Waals surface area contributed by atoms with Gasteiger partial charge in [0.2, 0.25) is 5.76 Å². The van der Waals surface area contributed by atoms with Gasteiger partial charge in [-0.2, -0.15) is 0 Å². The van der Waals surface area contributed by atoms with Crippen LogP contribution in [0.3, 0.4) is 0 Å². The van der Waals surface area contributed by atoms with E-state index in [9.17, 15) is 4.79 Å². The molecule has 1 aliphatic rings. The van der Waals surface area contributed by atoms with Crippen LogP contribution >= 0.6 is 0 Å². The van der Waals surface area contributed by atoms with Crippen LogP contribution in [0.5, 0.6) is 0 Å². The molecule has 0 bridgehead atoms. The van der Waals surface area contributed by atoms with Gasteiger partial charge in [0.15, 0.2) is 0 Å². The van der Waals surface area contributed by atoms with Gasteiger partial charge in [-0.15, -0.1) is 0 Å². The summed E-state index contributed by atoms with van der Waals surface area (Å²) >= 11 is 0.